The Morgan fingerprint density at radius 1 is 0.324 bits per heavy atom. The van der Waals surface area contributed by atoms with Gasteiger partial charge >= 0.3 is 0 Å². The molecule has 1 atom stereocenters. The van der Waals surface area contributed by atoms with Gasteiger partial charge in [0.25, 0.3) is 0 Å². The van der Waals surface area contributed by atoms with Crippen LogP contribution in [0.2, 0.25) is 0 Å². The fraction of sp³-hybridized carbons (Fsp3) is 0.143. The molecule has 0 saturated heterocycles. The minimum absolute atomic E-state index is 0.0578. The molecule has 360 valence electrons. The summed E-state index contributed by atoms with van der Waals surface area (Å²) in [5, 5.41) is 4.44. The standard InChI is InChI=1S/C70H58N2O2/c1-44-16-8-10-18-55(44)57-33-28-50(38-46(57)3)71(52-31-36-67-61(40-52)59-20-12-14-22-65(59)73-67)49-26-24-48(25-27-49)70(7)43-69(5,6)63-35-30-54(42-64(63)70)72(51-29-34-58(47(4)39-51)56-19-11-9-17-45(56)2)53-32-37-68-62(41-53)60-21-13-15-23-66(60)74-68/h8-42H,43H2,1-7H3. The van der Waals surface area contributed by atoms with Crippen LogP contribution in [0.1, 0.15) is 66.1 Å². The fourth-order valence-electron chi connectivity index (χ4n) is 12.6. The molecule has 0 N–H and O–H groups in total. The van der Waals surface area contributed by atoms with E-state index in [0.29, 0.717) is 0 Å². The topological polar surface area (TPSA) is 32.8 Å². The molecule has 4 nitrogen and oxygen atoms in total. The van der Waals surface area contributed by atoms with Gasteiger partial charge in [-0.2, -0.15) is 0 Å². The summed E-state index contributed by atoms with van der Waals surface area (Å²) in [6.45, 7) is 16.1. The number of nitrogens with zero attached hydrogens (tertiary/aromatic N) is 2. The molecule has 0 fully saturated rings. The molecule has 12 aromatic rings. The highest BCUT2D eigenvalue weighted by molar-refractivity contribution is 6.08. The predicted octanol–water partition coefficient (Wildman–Crippen LogP) is 20.0. The van der Waals surface area contributed by atoms with Crippen molar-refractivity contribution in [1.82, 2.24) is 0 Å². The first kappa shape index (κ1) is 45.3. The molecule has 0 radical (unpaired) electrons. The molecule has 10 aromatic carbocycles. The molecule has 74 heavy (non-hydrogen) atoms. The zero-order valence-corrected chi connectivity index (χ0v) is 43.1. The van der Waals surface area contributed by atoms with E-state index in [-0.39, 0.29) is 10.8 Å². The second-order valence-electron chi connectivity index (χ2n) is 21.5. The SMILES string of the molecule is Cc1ccccc1-c1ccc(N(c2ccc(C3(C)CC(C)(C)c4ccc(N(c5ccc(-c6ccccc6C)c(C)c5)c5ccc6oc7ccccc7c6c5)cc43)cc2)c2ccc3oc4ccccc4c3c2)cc1C. The summed E-state index contributed by atoms with van der Waals surface area (Å²) in [5.41, 5.74) is 23.9. The van der Waals surface area contributed by atoms with E-state index in [9.17, 15) is 0 Å². The van der Waals surface area contributed by atoms with Crippen LogP contribution in [0, 0.1) is 27.7 Å². The maximum Gasteiger partial charge on any atom is 0.135 e. The number of para-hydroxylation sites is 2. The van der Waals surface area contributed by atoms with Crippen LogP contribution in [-0.2, 0) is 10.8 Å². The zero-order chi connectivity index (χ0) is 50.5. The van der Waals surface area contributed by atoms with Crippen LogP contribution in [0.5, 0.6) is 0 Å². The third-order valence-corrected chi connectivity index (χ3v) is 16.2. The van der Waals surface area contributed by atoms with Crippen molar-refractivity contribution in [3.63, 3.8) is 0 Å². The van der Waals surface area contributed by atoms with Gasteiger partial charge in [-0.15, -0.1) is 0 Å². The molecule has 13 rings (SSSR count). The molecule has 0 aliphatic heterocycles. The Morgan fingerprint density at radius 3 is 1.23 bits per heavy atom. The van der Waals surface area contributed by atoms with Crippen LogP contribution in [0.25, 0.3) is 66.1 Å². The lowest BCUT2D eigenvalue weighted by Crippen LogP contribution is -2.23. The Bertz CT molecular complexity index is 4170. The molecule has 1 unspecified atom stereocenters. The number of furan rings is 2. The van der Waals surface area contributed by atoms with Gasteiger partial charge in [-0.05, 0) is 198 Å². The summed E-state index contributed by atoms with van der Waals surface area (Å²) < 4.78 is 12.7. The van der Waals surface area contributed by atoms with Crippen molar-refractivity contribution >= 4 is 78.0 Å². The second-order valence-corrected chi connectivity index (χ2v) is 21.5. The number of hydrogen-bond acceptors (Lipinski definition) is 4. The second kappa shape index (κ2) is 17.3. The molecule has 0 saturated carbocycles. The van der Waals surface area contributed by atoms with Crippen LogP contribution in [0.3, 0.4) is 0 Å². The van der Waals surface area contributed by atoms with Crippen molar-refractivity contribution in [2.24, 2.45) is 0 Å². The normalized spacial score (nSPS) is 15.1. The fourth-order valence-corrected chi connectivity index (χ4v) is 12.6. The van der Waals surface area contributed by atoms with Crippen molar-refractivity contribution < 1.29 is 8.83 Å². The van der Waals surface area contributed by atoms with Crippen LogP contribution >= 0.6 is 0 Å². The van der Waals surface area contributed by atoms with Crippen molar-refractivity contribution in [3.05, 3.63) is 251 Å². The van der Waals surface area contributed by atoms with Crippen molar-refractivity contribution in [2.75, 3.05) is 9.80 Å². The van der Waals surface area contributed by atoms with Gasteiger partial charge in [-0.25, -0.2) is 0 Å². The van der Waals surface area contributed by atoms with Crippen molar-refractivity contribution in [3.8, 4) is 22.3 Å². The van der Waals surface area contributed by atoms with Gasteiger partial charge in [-0.3, -0.25) is 0 Å². The first-order valence-corrected chi connectivity index (χ1v) is 25.9. The third-order valence-electron chi connectivity index (χ3n) is 16.2. The van der Waals surface area contributed by atoms with Gasteiger partial charge in [-0.1, -0.05) is 136 Å². The highest BCUT2D eigenvalue weighted by Crippen LogP contribution is 2.55. The Balaban J connectivity index is 0.930. The summed E-state index contributed by atoms with van der Waals surface area (Å²) >= 11 is 0. The molecule has 2 heterocycles. The van der Waals surface area contributed by atoms with E-state index in [1.165, 1.54) is 61.2 Å². The minimum Gasteiger partial charge on any atom is -0.456 e. The van der Waals surface area contributed by atoms with Gasteiger partial charge in [0, 0.05) is 61.1 Å². The molecule has 1 aliphatic carbocycles. The molecule has 0 bridgehead atoms. The van der Waals surface area contributed by atoms with Gasteiger partial charge in [0.2, 0.25) is 0 Å². The molecule has 0 amide bonds. The average Bonchev–Trinajstić information content (AvgIpc) is 4.04. The van der Waals surface area contributed by atoms with Crippen molar-refractivity contribution in [1.29, 1.82) is 0 Å². The molecule has 0 spiro atoms. The number of rotatable bonds is 9. The number of hydrogen-bond donors (Lipinski definition) is 0. The maximum absolute atomic E-state index is 6.36. The monoisotopic (exact) mass is 958 g/mol. The predicted molar refractivity (Wildman–Crippen MR) is 311 cm³/mol. The van der Waals surface area contributed by atoms with Gasteiger partial charge < -0.3 is 18.6 Å². The average molecular weight is 959 g/mol. The lowest BCUT2D eigenvalue weighted by molar-refractivity contribution is 0.425. The van der Waals surface area contributed by atoms with Crippen LogP contribution in [0.4, 0.5) is 34.1 Å². The van der Waals surface area contributed by atoms with E-state index in [1.54, 1.807) is 0 Å². The smallest absolute Gasteiger partial charge is 0.135 e. The van der Waals surface area contributed by atoms with Crippen LogP contribution < -0.4 is 9.80 Å². The number of aryl methyl sites for hydroxylation is 4. The molecular weight excluding hydrogens is 901 g/mol. The Kier molecular flexibility index (Phi) is 10.6. The van der Waals surface area contributed by atoms with Gasteiger partial charge in [0.1, 0.15) is 22.3 Å². The largest absolute Gasteiger partial charge is 0.456 e. The Hall–Kier alpha value is -8.60. The summed E-state index contributed by atoms with van der Waals surface area (Å²) in [6.07, 6.45) is 0.975. The van der Waals surface area contributed by atoms with E-state index < -0.39 is 0 Å². The first-order chi connectivity index (χ1) is 35.9. The van der Waals surface area contributed by atoms with Crippen LogP contribution in [0.15, 0.2) is 221 Å². The summed E-state index contributed by atoms with van der Waals surface area (Å²) in [5.74, 6) is 0. The van der Waals surface area contributed by atoms with E-state index in [1.807, 2.05) is 12.1 Å². The Morgan fingerprint density at radius 2 is 0.716 bits per heavy atom. The number of fused-ring (bicyclic) bond motifs is 7. The molecular formula is C70H58N2O2. The van der Waals surface area contributed by atoms with E-state index >= 15 is 0 Å². The van der Waals surface area contributed by atoms with E-state index in [2.05, 4.69) is 258 Å². The van der Waals surface area contributed by atoms with Gasteiger partial charge in [0.05, 0.1) is 0 Å². The maximum atomic E-state index is 6.36. The Labute approximate surface area is 433 Å². The number of anilines is 6. The quantitative estimate of drug-likeness (QED) is 0.144. The molecule has 2 aromatic heterocycles. The first-order valence-electron chi connectivity index (χ1n) is 25.9. The van der Waals surface area contributed by atoms with Gasteiger partial charge in [0.15, 0.2) is 0 Å². The highest BCUT2D eigenvalue weighted by Gasteiger charge is 2.46. The lowest BCUT2D eigenvalue weighted by Gasteiger charge is -2.31. The highest BCUT2D eigenvalue weighted by atomic mass is 16.3. The number of benzene rings is 10. The minimum atomic E-state index is -0.278. The van der Waals surface area contributed by atoms with Crippen molar-refractivity contribution in [2.45, 2.75) is 65.7 Å². The summed E-state index contributed by atoms with van der Waals surface area (Å²) in [7, 11) is 0. The van der Waals surface area contributed by atoms with E-state index in [4.69, 9.17) is 8.83 Å². The summed E-state index contributed by atoms with van der Waals surface area (Å²) in [6, 6.07) is 77.7. The summed E-state index contributed by atoms with van der Waals surface area (Å²) in [4.78, 5) is 4.84. The van der Waals surface area contributed by atoms with Crippen LogP contribution in [-0.4, -0.2) is 0 Å². The van der Waals surface area contributed by atoms with E-state index in [0.717, 1.165) is 84.4 Å². The molecule has 1 aliphatic rings. The molecule has 4 heteroatoms. The zero-order valence-electron chi connectivity index (χ0n) is 43.1. The lowest BCUT2D eigenvalue weighted by atomic mass is 9.75. The third kappa shape index (κ3) is 7.42.